The second-order valence-corrected chi connectivity index (χ2v) is 5.55. The number of thiazole rings is 1. The highest BCUT2D eigenvalue weighted by atomic mass is 32.1. The highest BCUT2D eigenvalue weighted by Crippen LogP contribution is 2.26. The highest BCUT2D eigenvalue weighted by Gasteiger charge is 2.16. The van der Waals surface area contributed by atoms with Gasteiger partial charge in [-0.3, -0.25) is 4.79 Å². The van der Waals surface area contributed by atoms with Crippen molar-refractivity contribution < 1.29 is 14.3 Å². The fourth-order valence-electron chi connectivity index (χ4n) is 1.77. The van der Waals surface area contributed by atoms with Crippen molar-refractivity contribution in [2.24, 2.45) is 0 Å². The highest BCUT2D eigenvalue weighted by molar-refractivity contribution is 7.09. The molecule has 1 amide bonds. The third-order valence-electron chi connectivity index (χ3n) is 2.85. The van der Waals surface area contributed by atoms with E-state index in [4.69, 9.17) is 9.47 Å². The average molecular weight is 306 g/mol. The second kappa shape index (κ2) is 7.08. The lowest BCUT2D eigenvalue weighted by molar-refractivity contribution is -0.127. The van der Waals surface area contributed by atoms with Gasteiger partial charge in [-0.05, 0) is 26.0 Å². The molecule has 21 heavy (non-hydrogen) atoms. The minimum absolute atomic E-state index is 0.188. The number of rotatable bonds is 6. The van der Waals surface area contributed by atoms with Gasteiger partial charge in [0.15, 0.2) is 17.6 Å². The molecule has 5 nitrogen and oxygen atoms in total. The number of aryl methyl sites for hydroxylation is 1. The topological polar surface area (TPSA) is 60.5 Å². The van der Waals surface area contributed by atoms with Crippen LogP contribution in [0, 0.1) is 6.92 Å². The van der Waals surface area contributed by atoms with Crippen LogP contribution >= 0.6 is 11.3 Å². The van der Waals surface area contributed by atoms with Crippen LogP contribution in [0.15, 0.2) is 29.6 Å². The number of methoxy groups -OCH3 is 1. The van der Waals surface area contributed by atoms with Gasteiger partial charge < -0.3 is 14.8 Å². The third kappa shape index (κ3) is 4.19. The molecule has 0 radical (unpaired) electrons. The molecule has 1 aromatic heterocycles. The predicted molar refractivity (Wildman–Crippen MR) is 81.8 cm³/mol. The zero-order chi connectivity index (χ0) is 15.2. The van der Waals surface area contributed by atoms with E-state index in [2.05, 4.69) is 10.3 Å². The molecule has 1 atom stereocenters. The van der Waals surface area contributed by atoms with Crippen molar-refractivity contribution in [1.29, 1.82) is 0 Å². The molecule has 0 unspecified atom stereocenters. The van der Waals surface area contributed by atoms with Gasteiger partial charge in [-0.15, -0.1) is 11.3 Å². The number of benzene rings is 1. The van der Waals surface area contributed by atoms with Crippen LogP contribution in [0.3, 0.4) is 0 Å². The Balaban J connectivity index is 1.90. The number of carbonyl (C=O) groups is 1. The zero-order valence-corrected chi connectivity index (χ0v) is 13.1. The number of nitrogens with one attached hydrogen (secondary N) is 1. The van der Waals surface area contributed by atoms with Crippen molar-refractivity contribution in [3.63, 3.8) is 0 Å². The largest absolute Gasteiger partial charge is 0.493 e. The van der Waals surface area contributed by atoms with E-state index in [-0.39, 0.29) is 5.91 Å². The minimum atomic E-state index is -0.610. The van der Waals surface area contributed by atoms with E-state index in [0.717, 1.165) is 10.7 Å². The van der Waals surface area contributed by atoms with Gasteiger partial charge in [0.25, 0.3) is 5.91 Å². The van der Waals surface area contributed by atoms with Crippen LogP contribution in [0.4, 0.5) is 0 Å². The summed E-state index contributed by atoms with van der Waals surface area (Å²) in [5.74, 6) is 0.964. The Bertz CT molecular complexity index is 612. The fraction of sp³-hybridized carbons (Fsp3) is 0.333. The van der Waals surface area contributed by atoms with Gasteiger partial charge in [0.2, 0.25) is 0 Å². The van der Waals surface area contributed by atoms with Gasteiger partial charge in [-0.1, -0.05) is 12.1 Å². The summed E-state index contributed by atoms with van der Waals surface area (Å²) >= 11 is 1.56. The number of para-hydroxylation sites is 2. The minimum Gasteiger partial charge on any atom is -0.493 e. The first-order valence-corrected chi connectivity index (χ1v) is 7.46. The quantitative estimate of drug-likeness (QED) is 0.891. The first-order chi connectivity index (χ1) is 10.1. The van der Waals surface area contributed by atoms with Crippen molar-refractivity contribution in [2.75, 3.05) is 7.11 Å². The van der Waals surface area contributed by atoms with Gasteiger partial charge in [0.05, 0.1) is 24.4 Å². The molecule has 112 valence electrons. The summed E-state index contributed by atoms with van der Waals surface area (Å²) in [6.07, 6.45) is -0.610. The summed E-state index contributed by atoms with van der Waals surface area (Å²) in [4.78, 5) is 16.3. The number of aromatic nitrogens is 1. The SMILES string of the molecule is COc1ccccc1O[C@@H](C)C(=O)NCc1csc(C)n1. The Labute approximate surface area is 127 Å². The normalized spacial score (nSPS) is 11.8. The van der Waals surface area contributed by atoms with Crippen LogP contribution in [-0.2, 0) is 11.3 Å². The van der Waals surface area contributed by atoms with E-state index in [1.165, 1.54) is 0 Å². The maximum absolute atomic E-state index is 12.0. The van der Waals surface area contributed by atoms with Gasteiger partial charge >= 0.3 is 0 Å². The zero-order valence-electron chi connectivity index (χ0n) is 12.3. The molecule has 0 saturated heterocycles. The molecule has 0 aliphatic heterocycles. The van der Waals surface area contributed by atoms with E-state index in [1.807, 2.05) is 24.4 Å². The van der Waals surface area contributed by atoms with E-state index < -0.39 is 6.10 Å². The molecule has 0 fully saturated rings. The van der Waals surface area contributed by atoms with Crippen LogP contribution < -0.4 is 14.8 Å². The summed E-state index contributed by atoms with van der Waals surface area (Å²) in [5, 5.41) is 5.72. The lowest BCUT2D eigenvalue weighted by Crippen LogP contribution is -2.36. The number of hydrogen-bond acceptors (Lipinski definition) is 5. The van der Waals surface area contributed by atoms with E-state index in [9.17, 15) is 4.79 Å². The van der Waals surface area contributed by atoms with E-state index in [0.29, 0.717) is 18.0 Å². The van der Waals surface area contributed by atoms with Crippen LogP contribution in [0.25, 0.3) is 0 Å². The molecule has 1 aromatic carbocycles. The smallest absolute Gasteiger partial charge is 0.261 e. The van der Waals surface area contributed by atoms with Crippen LogP contribution in [0.1, 0.15) is 17.6 Å². The molecule has 2 aromatic rings. The number of hydrogen-bond donors (Lipinski definition) is 1. The molecular weight excluding hydrogens is 288 g/mol. The second-order valence-electron chi connectivity index (χ2n) is 4.49. The maximum Gasteiger partial charge on any atom is 0.261 e. The van der Waals surface area contributed by atoms with Crippen molar-refractivity contribution >= 4 is 17.2 Å². The summed E-state index contributed by atoms with van der Waals surface area (Å²) < 4.78 is 10.8. The Morgan fingerprint density at radius 3 is 2.71 bits per heavy atom. The van der Waals surface area contributed by atoms with Crippen molar-refractivity contribution in [1.82, 2.24) is 10.3 Å². The molecule has 0 aliphatic carbocycles. The Morgan fingerprint density at radius 1 is 1.38 bits per heavy atom. The Kier molecular flexibility index (Phi) is 5.16. The van der Waals surface area contributed by atoms with Crippen molar-refractivity contribution in [3.8, 4) is 11.5 Å². The Hall–Kier alpha value is -2.08. The standard InChI is InChI=1S/C15H18N2O3S/c1-10(20-14-7-5-4-6-13(14)19-3)15(18)16-8-12-9-21-11(2)17-12/h4-7,9-10H,8H2,1-3H3,(H,16,18)/t10-/m0/s1. The average Bonchev–Trinajstić information content (AvgIpc) is 2.91. The lowest BCUT2D eigenvalue weighted by atomic mass is 10.3. The summed E-state index contributed by atoms with van der Waals surface area (Å²) in [6.45, 7) is 4.04. The Morgan fingerprint density at radius 2 is 2.10 bits per heavy atom. The van der Waals surface area contributed by atoms with Crippen LogP contribution in [0.2, 0.25) is 0 Å². The monoisotopic (exact) mass is 306 g/mol. The number of amides is 1. The van der Waals surface area contributed by atoms with Crippen molar-refractivity contribution in [3.05, 3.63) is 40.3 Å². The molecule has 0 bridgehead atoms. The van der Waals surface area contributed by atoms with Crippen LogP contribution in [0.5, 0.6) is 11.5 Å². The number of ether oxygens (including phenoxy) is 2. The molecule has 1 N–H and O–H groups in total. The maximum atomic E-state index is 12.0. The van der Waals surface area contributed by atoms with E-state index in [1.54, 1.807) is 37.5 Å². The molecule has 2 rings (SSSR count). The molecular formula is C15H18N2O3S. The van der Waals surface area contributed by atoms with Gasteiger partial charge in [-0.25, -0.2) is 4.98 Å². The molecule has 0 saturated carbocycles. The van der Waals surface area contributed by atoms with E-state index >= 15 is 0 Å². The number of carbonyl (C=O) groups excluding carboxylic acids is 1. The molecule has 1 heterocycles. The fourth-order valence-corrected chi connectivity index (χ4v) is 2.38. The molecule has 6 heteroatoms. The van der Waals surface area contributed by atoms with Crippen LogP contribution in [-0.4, -0.2) is 24.1 Å². The predicted octanol–water partition coefficient (Wildman–Crippen LogP) is 2.54. The first kappa shape index (κ1) is 15.3. The lowest BCUT2D eigenvalue weighted by Gasteiger charge is -2.16. The summed E-state index contributed by atoms with van der Waals surface area (Å²) in [5.41, 5.74) is 0.857. The third-order valence-corrected chi connectivity index (χ3v) is 3.67. The van der Waals surface area contributed by atoms with Gasteiger partial charge in [0.1, 0.15) is 0 Å². The molecule has 0 aliphatic rings. The number of nitrogens with zero attached hydrogens (tertiary/aromatic N) is 1. The van der Waals surface area contributed by atoms with Crippen molar-refractivity contribution in [2.45, 2.75) is 26.5 Å². The van der Waals surface area contributed by atoms with Gasteiger partial charge in [-0.2, -0.15) is 0 Å². The molecule has 0 spiro atoms. The van der Waals surface area contributed by atoms with Gasteiger partial charge in [0, 0.05) is 5.38 Å². The summed E-state index contributed by atoms with van der Waals surface area (Å²) in [7, 11) is 1.57. The summed E-state index contributed by atoms with van der Waals surface area (Å²) in [6, 6.07) is 7.24. The first-order valence-electron chi connectivity index (χ1n) is 6.58.